The summed E-state index contributed by atoms with van der Waals surface area (Å²) >= 11 is 0. The van der Waals surface area contributed by atoms with Crippen LogP contribution in [0.2, 0.25) is 0 Å². The molecule has 1 aliphatic rings. The summed E-state index contributed by atoms with van der Waals surface area (Å²) in [6.07, 6.45) is 3.55. The minimum atomic E-state index is -0.594. The molecule has 4 rings (SSSR count). The van der Waals surface area contributed by atoms with Crippen LogP contribution in [0.3, 0.4) is 0 Å². The lowest BCUT2D eigenvalue weighted by atomic mass is 10.1. The van der Waals surface area contributed by atoms with Crippen molar-refractivity contribution in [2.75, 3.05) is 0 Å². The minimum absolute atomic E-state index is 0.0157. The molecule has 24 heavy (non-hydrogen) atoms. The molecule has 0 saturated carbocycles. The van der Waals surface area contributed by atoms with E-state index in [-0.39, 0.29) is 23.4 Å². The minimum Gasteiger partial charge on any atom is -0.307 e. The van der Waals surface area contributed by atoms with Crippen molar-refractivity contribution in [3.05, 3.63) is 75.7 Å². The number of rotatable bonds is 3. The number of imide groups is 1. The molecule has 2 aromatic heterocycles. The lowest BCUT2D eigenvalue weighted by Gasteiger charge is -2.11. The topological polar surface area (TPSA) is 97.8 Å². The van der Waals surface area contributed by atoms with E-state index in [1.807, 2.05) is 24.4 Å². The highest BCUT2D eigenvalue weighted by Crippen LogP contribution is 2.27. The molecule has 0 bridgehead atoms. The van der Waals surface area contributed by atoms with Crippen LogP contribution in [-0.4, -0.2) is 31.0 Å². The summed E-state index contributed by atoms with van der Waals surface area (Å²) in [6.45, 7) is 0.0157. The Morgan fingerprint density at radius 2 is 1.88 bits per heavy atom. The van der Waals surface area contributed by atoms with Crippen LogP contribution in [0, 0.1) is 10.1 Å². The van der Waals surface area contributed by atoms with Gasteiger partial charge < -0.3 is 4.40 Å². The molecule has 3 aromatic rings. The van der Waals surface area contributed by atoms with Crippen molar-refractivity contribution in [3.63, 3.8) is 0 Å². The van der Waals surface area contributed by atoms with Crippen molar-refractivity contribution < 1.29 is 14.5 Å². The van der Waals surface area contributed by atoms with Gasteiger partial charge in [-0.2, -0.15) is 0 Å². The molecule has 0 unspecified atom stereocenters. The number of hydrogen-bond acceptors (Lipinski definition) is 5. The number of nitrogens with zero attached hydrogens (tertiary/aromatic N) is 4. The predicted molar refractivity (Wildman–Crippen MR) is 82.5 cm³/mol. The van der Waals surface area contributed by atoms with Gasteiger partial charge in [0, 0.05) is 24.5 Å². The molecule has 0 fully saturated rings. The van der Waals surface area contributed by atoms with E-state index in [0.717, 1.165) is 11.0 Å². The molecule has 0 N–H and O–H groups in total. The van der Waals surface area contributed by atoms with E-state index in [1.165, 1.54) is 12.1 Å². The first kappa shape index (κ1) is 14.1. The number of hydrogen-bond donors (Lipinski definition) is 0. The van der Waals surface area contributed by atoms with Crippen molar-refractivity contribution >= 4 is 23.1 Å². The smallest absolute Gasteiger partial charge is 0.270 e. The number of pyridine rings is 1. The van der Waals surface area contributed by atoms with Gasteiger partial charge in [0.15, 0.2) is 0 Å². The zero-order valence-corrected chi connectivity index (χ0v) is 12.2. The molecule has 1 aromatic carbocycles. The summed E-state index contributed by atoms with van der Waals surface area (Å²) in [5.74, 6) is -1.02. The Balaban J connectivity index is 1.68. The standard InChI is InChI=1S/C16H10N4O4/c21-15-12-5-4-11(20(23)24)7-13(12)16(22)19(15)9-10-8-18-6-2-1-3-14(18)17-10/h1-8H,9H2. The Bertz CT molecular complexity index is 991. The Labute approximate surface area is 135 Å². The zero-order valence-electron chi connectivity index (χ0n) is 12.2. The second-order valence-electron chi connectivity index (χ2n) is 5.38. The third kappa shape index (κ3) is 2.04. The molecule has 3 heterocycles. The molecular formula is C16H10N4O4. The number of imidazole rings is 1. The van der Waals surface area contributed by atoms with Crippen LogP contribution in [0.4, 0.5) is 5.69 Å². The maximum Gasteiger partial charge on any atom is 0.270 e. The van der Waals surface area contributed by atoms with E-state index in [1.54, 1.807) is 10.6 Å². The van der Waals surface area contributed by atoms with Crippen LogP contribution in [-0.2, 0) is 6.54 Å². The highest BCUT2D eigenvalue weighted by Gasteiger charge is 2.37. The normalized spacial score (nSPS) is 13.6. The van der Waals surface area contributed by atoms with E-state index >= 15 is 0 Å². The Hall–Kier alpha value is -3.55. The van der Waals surface area contributed by atoms with Gasteiger partial charge in [0.2, 0.25) is 0 Å². The molecule has 8 nitrogen and oxygen atoms in total. The zero-order chi connectivity index (χ0) is 16.8. The van der Waals surface area contributed by atoms with Gasteiger partial charge in [0.25, 0.3) is 17.5 Å². The van der Waals surface area contributed by atoms with Crippen LogP contribution >= 0.6 is 0 Å². The summed E-state index contributed by atoms with van der Waals surface area (Å²) in [5, 5.41) is 10.8. The highest BCUT2D eigenvalue weighted by molar-refractivity contribution is 6.21. The van der Waals surface area contributed by atoms with E-state index in [0.29, 0.717) is 11.3 Å². The fraction of sp³-hybridized carbons (Fsp3) is 0.0625. The molecule has 0 aliphatic carbocycles. The average Bonchev–Trinajstić information content (AvgIpc) is 3.09. The summed E-state index contributed by atoms with van der Waals surface area (Å²) < 4.78 is 1.79. The first-order chi connectivity index (χ1) is 11.5. The highest BCUT2D eigenvalue weighted by atomic mass is 16.6. The number of benzene rings is 1. The summed E-state index contributed by atoms with van der Waals surface area (Å²) in [5.41, 5.74) is 1.28. The predicted octanol–water partition coefficient (Wildman–Crippen LogP) is 2.04. The lowest BCUT2D eigenvalue weighted by Crippen LogP contribution is -2.29. The van der Waals surface area contributed by atoms with E-state index in [2.05, 4.69) is 4.98 Å². The van der Waals surface area contributed by atoms with E-state index in [9.17, 15) is 19.7 Å². The SMILES string of the molecule is O=C1c2ccc([N+](=O)[O-])cc2C(=O)N1Cc1cn2ccccc2n1. The number of amides is 2. The Kier molecular flexibility index (Phi) is 2.92. The maximum atomic E-state index is 12.4. The van der Waals surface area contributed by atoms with Gasteiger partial charge in [0.1, 0.15) is 5.65 Å². The van der Waals surface area contributed by atoms with Crippen molar-refractivity contribution in [3.8, 4) is 0 Å². The maximum absolute atomic E-state index is 12.4. The van der Waals surface area contributed by atoms with E-state index < -0.39 is 16.7 Å². The van der Waals surface area contributed by atoms with Crippen LogP contribution in [0.1, 0.15) is 26.4 Å². The third-order valence-corrected chi connectivity index (χ3v) is 3.90. The number of non-ortho nitro benzene ring substituents is 1. The number of carbonyl (C=O) groups excluding carboxylic acids is 2. The number of carbonyl (C=O) groups is 2. The second-order valence-corrected chi connectivity index (χ2v) is 5.38. The van der Waals surface area contributed by atoms with E-state index in [4.69, 9.17) is 0 Å². The molecule has 2 amide bonds. The van der Waals surface area contributed by atoms with Crippen molar-refractivity contribution in [1.82, 2.24) is 14.3 Å². The van der Waals surface area contributed by atoms with Gasteiger partial charge in [-0.15, -0.1) is 0 Å². The van der Waals surface area contributed by atoms with Crippen LogP contribution in [0.15, 0.2) is 48.8 Å². The van der Waals surface area contributed by atoms with Crippen molar-refractivity contribution in [1.29, 1.82) is 0 Å². The monoisotopic (exact) mass is 322 g/mol. The number of nitro benzene ring substituents is 1. The molecule has 0 atom stereocenters. The molecule has 8 heteroatoms. The first-order valence-electron chi connectivity index (χ1n) is 7.12. The second kappa shape index (κ2) is 4.98. The largest absolute Gasteiger partial charge is 0.307 e. The first-order valence-corrected chi connectivity index (χ1v) is 7.12. The van der Waals surface area contributed by atoms with Gasteiger partial charge in [-0.1, -0.05) is 6.07 Å². The molecule has 0 spiro atoms. The number of fused-ring (bicyclic) bond motifs is 2. The summed E-state index contributed by atoms with van der Waals surface area (Å²) in [7, 11) is 0. The molecule has 1 aliphatic heterocycles. The summed E-state index contributed by atoms with van der Waals surface area (Å²) in [6, 6.07) is 9.18. The lowest BCUT2D eigenvalue weighted by molar-refractivity contribution is -0.384. The number of aromatic nitrogens is 2. The third-order valence-electron chi connectivity index (χ3n) is 3.90. The fourth-order valence-corrected chi connectivity index (χ4v) is 2.76. The van der Waals surface area contributed by atoms with Gasteiger partial charge in [-0.3, -0.25) is 24.6 Å². The van der Waals surface area contributed by atoms with Crippen LogP contribution in [0.25, 0.3) is 5.65 Å². The quantitative estimate of drug-likeness (QED) is 0.417. The molecule has 0 saturated heterocycles. The van der Waals surface area contributed by atoms with Gasteiger partial charge in [-0.05, 0) is 18.2 Å². The van der Waals surface area contributed by atoms with Crippen LogP contribution < -0.4 is 0 Å². The summed E-state index contributed by atoms with van der Waals surface area (Å²) in [4.78, 5) is 40.5. The van der Waals surface area contributed by atoms with Gasteiger partial charge in [0.05, 0.1) is 28.3 Å². The van der Waals surface area contributed by atoms with Gasteiger partial charge >= 0.3 is 0 Å². The molecule has 0 radical (unpaired) electrons. The van der Waals surface area contributed by atoms with Gasteiger partial charge in [-0.25, -0.2) is 4.98 Å². The van der Waals surface area contributed by atoms with Crippen molar-refractivity contribution in [2.45, 2.75) is 6.54 Å². The number of nitro groups is 1. The average molecular weight is 322 g/mol. The Morgan fingerprint density at radius 3 is 2.62 bits per heavy atom. The van der Waals surface area contributed by atoms with Crippen molar-refractivity contribution in [2.24, 2.45) is 0 Å². The fourth-order valence-electron chi connectivity index (χ4n) is 2.76. The van der Waals surface area contributed by atoms with Crippen LogP contribution in [0.5, 0.6) is 0 Å². The molecular weight excluding hydrogens is 312 g/mol. The molecule has 118 valence electrons. The Morgan fingerprint density at radius 1 is 1.08 bits per heavy atom.